The topological polar surface area (TPSA) is 84.2 Å². The molecule has 8 heteroatoms. The number of nitrogens with one attached hydrogen (secondary N) is 1. The number of hydrogen-bond acceptors (Lipinski definition) is 5. The van der Waals surface area contributed by atoms with E-state index >= 15 is 0 Å². The predicted molar refractivity (Wildman–Crippen MR) is 88.8 cm³/mol. The Morgan fingerprint density at radius 2 is 2.17 bits per heavy atom. The Balaban J connectivity index is 1.86. The zero-order chi connectivity index (χ0) is 16.8. The van der Waals surface area contributed by atoms with Gasteiger partial charge in [-0.2, -0.15) is 5.10 Å². The zero-order valence-electron chi connectivity index (χ0n) is 13.4. The van der Waals surface area contributed by atoms with Crippen molar-refractivity contribution in [3.8, 4) is 0 Å². The van der Waals surface area contributed by atoms with Gasteiger partial charge in [-0.3, -0.25) is 4.68 Å². The summed E-state index contributed by atoms with van der Waals surface area (Å²) < 4.78 is 29.5. The van der Waals surface area contributed by atoms with E-state index in [0.717, 1.165) is 17.7 Å². The first-order valence-corrected chi connectivity index (χ1v) is 9.88. The SMILES string of the molecule is Cc1nn(C)c(C)c1S(=O)(=O)NC[C@@](O)(c1cccs1)C1CC1. The zero-order valence-corrected chi connectivity index (χ0v) is 15.0. The average molecular weight is 355 g/mol. The average Bonchev–Trinajstić information content (AvgIpc) is 3.12. The van der Waals surface area contributed by atoms with Crippen molar-refractivity contribution in [2.45, 2.75) is 37.2 Å². The number of hydrogen-bond donors (Lipinski definition) is 2. The minimum Gasteiger partial charge on any atom is -0.383 e. The number of sulfonamides is 1. The molecule has 1 aliphatic rings. The molecule has 2 aromatic heterocycles. The molecule has 2 aromatic rings. The number of aryl methyl sites for hydroxylation is 2. The Bertz CT molecular complexity index is 807. The van der Waals surface area contributed by atoms with Crippen LogP contribution in [0.5, 0.6) is 0 Å². The second kappa shape index (κ2) is 5.70. The first-order chi connectivity index (χ1) is 10.8. The lowest BCUT2D eigenvalue weighted by Crippen LogP contribution is -2.42. The van der Waals surface area contributed by atoms with Crippen molar-refractivity contribution in [2.75, 3.05) is 6.54 Å². The van der Waals surface area contributed by atoms with Crippen molar-refractivity contribution in [1.29, 1.82) is 0 Å². The molecular formula is C15H21N3O3S2. The standard InChI is InChI=1S/C15H21N3O3S2/c1-10-14(11(2)18(3)17-10)23(20,21)16-9-15(19,12-6-7-12)13-5-4-8-22-13/h4-5,8,12,16,19H,6-7,9H2,1-3H3/t15-/m0/s1. The number of aliphatic hydroxyl groups is 1. The number of thiophene rings is 1. The van der Waals surface area contributed by atoms with Gasteiger partial charge in [-0.05, 0) is 44.1 Å². The van der Waals surface area contributed by atoms with Crippen molar-refractivity contribution in [1.82, 2.24) is 14.5 Å². The molecule has 0 amide bonds. The highest BCUT2D eigenvalue weighted by atomic mass is 32.2. The van der Waals surface area contributed by atoms with Gasteiger partial charge < -0.3 is 5.11 Å². The smallest absolute Gasteiger partial charge is 0.244 e. The van der Waals surface area contributed by atoms with Gasteiger partial charge in [-0.15, -0.1) is 11.3 Å². The van der Waals surface area contributed by atoms with Gasteiger partial charge in [0.1, 0.15) is 10.5 Å². The maximum atomic E-state index is 12.7. The highest BCUT2D eigenvalue weighted by Crippen LogP contribution is 2.46. The molecule has 6 nitrogen and oxygen atoms in total. The molecule has 23 heavy (non-hydrogen) atoms. The molecule has 1 fully saturated rings. The van der Waals surface area contributed by atoms with Crippen LogP contribution in [-0.2, 0) is 22.7 Å². The first kappa shape index (κ1) is 16.6. The number of aromatic nitrogens is 2. The molecule has 0 saturated heterocycles. The van der Waals surface area contributed by atoms with Crippen LogP contribution in [0.15, 0.2) is 22.4 Å². The Labute approximate surface area is 140 Å². The maximum absolute atomic E-state index is 12.7. The first-order valence-electron chi connectivity index (χ1n) is 7.52. The molecule has 3 rings (SSSR count). The van der Waals surface area contributed by atoms with Crippen LogP contribution < -0.4 is 4.72 Å². The van der Waals surface area contributed by atoms with E-state index in [1.165, 1.54) is 11.3 Å². The molecule has 1 atom stereocenters. The summed E-state index contributed by atoms with van der Waals surface area (Å²) in [5.74, 6) is 0.111. The molecule has 0 unspecified atom stereocenters. The van der Waals surface area contributed by atoms with Crippen LogP contribution in [0.1, 0.15) is 29.1 Å². The van der Waals surface area contributed by atoms with Crippen LogP contribution in [0, 0.1) is 19.8 Å². The summed E-state index contributed by atoms with van der Waals surface area (Å²) in [5, 5.41) is 17.1. The van der Waals surface area contributed by atoms with E-state index in [1.807, 2.05) is 17.5 Å². The monoisotopic (exact) mass is 355 g/mol. The Morgan fingerprint density at radius 3 is 2.65 bits per heavy atom. The molecule has 0 aliphatic heterocycles. The lowest BCUT2D eigenvalue weighted by Gasteiger charge is -2.27. The van der Waals surface area contributed by atoms with Gasteiger partial charge in [-0.1, -0.05) is 6.07 Å². The summed E-state index contributed by atoms with van der Waals surface area (Å²) in [4.78, 5) is 1.01. The van der Waals surface area contributed by atoms with E-state index in [4.69, 9.17) is 0 Å². The van der Waals surface area contributed by atoms with E-state index < -0.39 is 15.6 Å². The molecular weight excluding hydrogens is 334 g/mol. The summed E-state index contributed by atoms with van der Waals surface area (Å²) in [6.07, 6.45) is 1.84. The molecule has 2 N–H and O–H groups in total. The Hall–Kier alpha value is -1.22. The highest BCUT2D eigenvalue weighted by molar-refractivity contribution is 7.89. The molecule has 1 aliphatic carbocycles. The molecule has 0 bridgehead atoms. The van der Waals surface area contributed by atoms with Gasteiger partial charge in [0.2, 0.25) is 10.0 Å². The summed E-state index contributed by atoms with van der Waals surface area (Å²) >= 11 is 1.45. The van der Waals surface area contributed by atoms with Crippen LogP contribution in [0.25, 0.3) is 0 Å². The number of rotatable bonds is 6. The second-order valence-corrected chi connectivity index (χ2v) is 8.78. The molecule has 2 heterocycles. The van der Waals surface area contributed by atoms with Crippen LogP contribution in [-0.4, -0.2) is 29.8 Å². The predicted octanol–water partition coefficient (Wildman–Crippen LogP) is 1.67. The van der Waals surface area contributed by atoms with E-state index in [0.29, 0.717) is 11.4 Å². The molecule has 0 radical (unpaired) electrons. The van der Waals surface area contributed by atoms with Gasteiger partial charge in [0.15, 0.2) is 0 Å². The maximum Gasteiger partial charge on any atom is 0.244 e. The van der Waals surface area contributed by atoms with E-state index in [1.54, 1.807) is 25.6 Å². The summed E-state index contributed by atoms with van der Waals surface area (Å²) in [6, 6.07) is 3.73. The summed E-state index contributed by atoms with van der Waals surface area (Å²) in [7, 11) is -2.00. The minimum atomic E-state index is -3.72. The molecule has 0 spiro atoms. The van der Waals surface area contributed by atoms with Crippen LogP contribution >= 0.6 is 11.3 Å². The van der Waals surface area contributed by atoms with Gasteiger partial charge in [0, 0.05) is 18.5 Å². The lowest BCUT2D eigenvalue weighted by molar-refractivity contribution is 0.0222. The fourth-order valence-corrected chi connectivity index (χ4v) is 5.35. The third kappa shape index (κ3) is 2.96. The van der Waals surface area contributed by atoms with Gasteiger partial charge in [0.05, 0.1) is 11.4 Å². The molecule has 0 aromatic carbocycles. The minimum absolute atomic E-state index is 0.0196. The molecule has 126 valence electrons. The Kier molecular flexibility index (Phi) is 4.12. The van der Waals surface area contributed by atoms with Gasteiger partial charge in [-0.25, -0.2) is 13.1 Å². The van der Waals surface area contributed by atoms with Crippen molar-refractivity contribution >= 4 is 21.4 Å². The fraction of sp³-hybridized carbons (Fsp3) is 0.533. The van der Waals surface area contributed by atoms with E-state index in [2.05, 4.69) is 9.82 Å². The Morgan fingerprint density at radius 1 is 1.48 bits per heavy atom. The number of nitrogens with zero attached hydrogens (tertiary/aromatic N) is 2. The second-order valence-electron chi connectivity index (χ2n) is 6.12. The normalized spacial score (nSPS) is 18.1. The van der Waals surface area contributed by atoms with Crippen molar-refractivity contribution in [3.05, 3.63) is 33.8 Å². The van der Waals surface area contributed by atoms with Crippen molar-refractivity contribution < 1.29 is 13.5 Å². The third-order valence-electron chi connectivity index (χ3n) is 4.44. The largest absolute Gasteiger partial charge is 0.383 e. The van der Waals surface area contributed by atoms with Gasteiger partial charge in [0.25, 0.3) is 0 Å². The quantitative estimate of drug-likeness (QED) is 0.826. The third-order valence-corrected chi connectivity index (χ3v) is 7.13. The van der Waals surface area contributed by atoms with Crippen LogP contribution in [0.3, 0.4) is 0 Å². The van der Waals surface area contributed by atoms with Gasteiger partial charge >= 0.3 is 0 Å². The fourth-order valence-electron chi connectivity index (χ4n) is 2.94. The van der Waals surface area contributed by atoms with E-state index in [-0.39, 0.29) is 17.4 Å². The highest BCUT2D eigenvalue weighted by Gasteiger charge is 2.46. The van der Waals surface area contributed by atoms with Crippen molar-refractivity contribution in [3.63, 3.8) is 0 Å². The molecule has 1 saturated carbocycles. The van der Waals surface area contributed by atoms with E-state index in [9.17, 15) is 13.5 Å². The lowest BCUT2D eigenvalue weighted by atomic mass is 9.96. The summed E-state index contributed by atoms with van der Waals surface area (Å²) in [5.41, 5.74) is -0.0877. The summed E-state index contributed by atoms with van der Waals surface area (Å²) in [6.45, 7) is 3.38. The van der Waals surface area contributed by atoms with Crippen LogP contribution in [0.4, 0.5) is 0 Å². The van der Waals surface area contributed by atoms with Crippen molar-refractivity contribution in [2.24, 2.45) is 13.0 Å². The van der Waals surface area contributed by atoms with Crippen LogP contribution in [0.2, 0.25) is 0 Å².